The van der Waals surface area contributed by atoms with Gasteiger partial charge >= 0.3 is 0 Å². The molecule has 0 aliphatic carbocycles. The van der Waals surface area contributed by atoms with Crippen molar-refractivity contribution in [1.82, 2.24) is 15.2 Å². The number of hydrogen-bond acceptors (Lipinski definition) is 3. The van der Waals surface area contributed by atoms with Crippen LogP contribution in [-0.4, -0.2) is 15.2 Å². The van der Waals surface area contributed by atoms with Crippen molar-refractivity contribution in [3.05, 3.63) is 89.5 Å². The second kappa shape index (κ2) is 7.09. The molecule has 0 saturated heterocycles. The quantitative estimate of drug-likeness (QED) is 0.720. The lowest BCUT2D eigenvalue weighted by atomic mass is 10.2. The van der Waals surface area contributed by atoms with Crippen molar-refractivity contribution >= 4 is 24.3 Å². The molecule has 0 unspecified atom stereocenters. The third-order valence-corrected chi connectivity index (χ3v) is 3.06. The molecular weight excluding hydrogens is 270 g/mol. The van der Waals surface area contributed by atoms with E-state index in [9.17, 15) is 0 Å². The van der Waals surface area contributed by atoms with Crippen molar-refractivity contribution in [2.45, 2.75) is 0 Å². The molecule has 0 aliphatic rings. The molecule has 3 rings (SSSR count). The first kappa shape index (κ1) is 13.9. The van der Waals surface area contributed by atoms with Crippen LogP contribution in [0, 0.1) is 0 Å². The molecule has 0 saturated carbocycles. The number of aromatic nitrogens is 3. The Labute approximate surface area is 129 Å². The van der Waals surface area contributed by atoms with Gasteiger partial charge in [-0.2, -0.15) is 5.10 Å². The van der Waals surface area contributed by atoms with E-state index in [0.29, 0.717) is 5.82 Å². The highest BCUT2D eigenvalue weighted by molar-refractivity contribution is 5.69. The van der Waals surface area contributed by atoms with E-state index < -0.39 is 0 Å². The highest BCUT2D eigenvalue weighted by Crippen LogP contribution is 2.07. The number of nitrogens with zero attached hydrogens (tertiary/aromatic N) is 3. The van der Waals surface area contributed by atoms with Gasteiger partial charge in [-0.3, -0.25) is 0 Å². The minimum atomic E-state index is 0.596. The van der Waals surface area contributed by atoms with Crippen LogP contribution in [0.25, 0.3) is 24.3 Å². The Morgan fingerprint density at radius 2 is 1.23 bits per heavy atom. The summed E-state index contributed by atoms with van der Waals surface area (Å²) < 4.78 is 0. The van der Waals surface area contributed by atoms with Gasteiger partial charge in [0.15, 0.2) is 5.82 Å². The minimum absolute atomic E-state index is 0.596. The molecule has 0 N–H and O–H groups in total. The molecule has 0 bridgehead atoms. The molecule has 0 spiro atoms. The van der Waals surface area contributed by atoms with Crippen molar-refractivity contribution in [3.8, 4) is 0 Å². The summed E-state index contributed by atoms with van der Waals surface area (Å²) in [5.74, 6) is 0.596. The summed E-state index contributed by atoms with van der Waals surface area (Å²) in [7, 11) is 0. The first-order chi connectivity index (χ1) is 10.9. The molecule has 3 aromatic rings. The van der Waals surface area contributed by atoms with Crippen LogP contribution in [0.1, 0.15) is 22.6 Å². The van der Waals surface area contributed by atoms with Gasteiger partial charge in [0.2, 0.25) is 0 Å². The van der Waals surface area contributed by atoms with Crippen LogP contribution in [0.5, 0.6) is 0 Å². The molecule has 0 amide bonds. The fourth-order valence-electron chi connectivity index (χ4n) is 1.96. The summed E-state index contributed by atoms with van der Waals surface area (Å²) in [4.78, 5) is 4.46. The highest BCUT2D eigenvalue weighted by atomic mass is 15.1. The molecule has 3 nitrogen and oxygen atoms in total. The summed E-state index contributed by atoms with van der Waals surface area (Å²) in [5, 5.41) is 8.02. The zero-order chi connectivity index (χ0) is 15.0. The highest BCUT2D eigenvalue weighted by Gasteiger charge is 1.95. The Hall–Kier alpha value is -3.07. The molecule has 2 aromatic carbocycles. The maximum atomic E-state index is 4.46. The third kappa shape index (κ3) is 3.96. The monoisotopic (exact) mass is 285 g/mol. The topological polar surface area (TPSA) is 38.7 Å². The first-order valence-electron chi connectivity index (χ1n) is 7.06. The number of rotatable bonds is 4. The average molecular weight is 285 g/mol. The predicted molar refractivity (Wildman–Crippen MR) is 90.6 cm³/mol. The van der Waals surface area contributed by atoms with E-state index in [1.54, 1.807) is 6.20 Å². The average Bonchev–Trinajstić information content (AvgIpc) is 2.60. The Bertz CT molecular complexity index is 713. The Morgan fingerprint density at radius 3 is 1.86 bits per heavy atom. The fraction of sp³-hybridized carbons (Fsp3) is 0. The van der Waals surface area contributed by atoms with Gasteiger partial charge in [-0.25, -0.2) is 4.98 Å². The summed E-state index contributed by atoms with van der Waals surface area (Å²) in [6, 6.07) is 20.1. The lowest BCUT2D eigenvalue weighted by Crippen LogP contribution is -1.93. The third-order valence-electron chi connectivity index (χ3n) is 3.06. The van der Waals surface area contributed by atoms with Gasteiger partial charge in [0.05, 0.1) is 11.9 Å². The lowest BCUT2D eigenvalue weighted by Gasteiger charge is -1.95. The van der Waals surface area contributed by atoms with Gasteiger partial charge in [-0.05, 0) is 23.3 Å². The molecule has 3 heteroatoms. The van der Waals surface area contributed by atoms with Gasteiger partial charge in [0.1, 0.15) is 0 Å². The van der Waals surface area contributed by atoms with Gasteiger partial charge in [0, 0.05) is 0 Å². The summed E-state index contributed by atoms with van der Waals surface area (Å²) >= 11 is 0. The van der Waals surface area contributed by atoms with E-state index in [0.717, 1.165) is 16.8 Å². The summed E-state index contributed by atoms with van der Waals surface area (Å²) in [5.41, 5.74) is 3.02. The van der Waals surface area contributed by atoms with Crippen LogP contribution in [0.15, 0.2) is 66.9 Å². The van der Waals surface area contributed by atoms with Crippen LogP contribution >= 0.6 is 0 Å². The van der Waals surface area contributed by atoms with Crippen LogP contribution in [0.4, 0.5) is 0 Å². The van der Waals surface area contributed by atoms with Crippen molar-refractivity contribution in [1.29, 1.82) is 0 Å². The van der Waals surface area contributed by atoms with E-state index in [4.69, 9.17) is 0 Å². The summed E-state index contributed by atoms with van der Waals surface area (Å²) in [6.45, 7) is 0. The normalized spacial score (nSPS) is 11.3. The minimum Gasteiger partial charge on any atom is -0.226 e. The van der Waals surface area contributed by atoms with Gasteiger partial charge in [-0.1, -0.05) is 72.8 Å². The van der Waals surface area contributed by atoms with Crippen LogP contribution < -0.4 is 0 Å². The molecule has 0 atom stereocenters. The van der Waals surface area contributed by atoms with E-state index in [1.165, 1.54) is 0 Å². The second-order valence-electron chi connectivity index (χ2n) is 4.73. The molecule has 1 aromatic heterocycles. The van der Waals surface area contributed by atoms with Crippen molar-refractivity contribution in [2.24, 2.45) is 0 Å². The lowest BCUT2D eigenvalue weighted by molar-refractivity contribution is 0.944. The number of benzene rings is 2. The van der Waals surface area contributed by atoms with Crippen molar-refractivity contribution in [3.63, 3.8) is 0 Å². The standard InChI is InChI=1S/C19H15N3/c1-3-7-16(8-4-1)11-13-18-15-20-22-19(21-18)14-12-17-9-5-2-6-10-17/h1-15H. The second-order valence-corrected chi connectivity index (χ2v) is 4.73. The van der Waals surface area contributed by atoms with Crippen molar-refractivity contribution < 1.29 is 0 Å². The smallest absolute Gasteiger partial charge is 0.175 e. The molecule has 106 valence electrons. The van der Waals surface area contributed by atoms with E-state index in [2.05, 4.69) is 15.2 Å². The molecule has 0 fully saturated rings. The summed E-state index contributed by atoms with van der Waals surface area (Å²) in [6.07, 6.45) is 9.43. The molecular formula is C19H15N3. The van der Waals surface area contributed by atoms with Crippen LogP contribution in [-0.2, 0) is 0 Å². The zero-order valence-electron chi connectivity index (χ0n) is 12.0. The van der Waals surface area contributed by atoms with Gasteiger partial charge < -0.3 is 0 Å². The Balaban J connectivity index is 1.75. The van der Waals surface area contributed by atoms with E-state index in [-0.39, 0.29) is 0 Å². The fourth-order valence-corrected chi connectivity index (χ4v) is 1.96. The molecule has 0 aliphatic heterocycles. The molecule has 0 radical (unpaired) electrons. The van der Waals surface area contributed by atoms with Crippen LogP contribution in [0.3, 0.4) is 0 Å². The Morgan fingerprint density at radius 1 is 0.636 bits per heavy atom. The maximum Gasteiger partial charge on any atom is 0.175 e. The largest absolute Gasteiger partial charge is 0.226 e. The maximum absolute atomic E-state index is 4.46. The van der Waals surface area contributed by atoms with E-state index in [1.807, 2.05) is 85.0 Å². The Kier molecular flexibility index (Phi) is 4.47. The predicted octanol–water partition coefficient (Wildman–Crippen LogP) is 4.21. The van der Waals surface area contributed by atoms with Crippen LogP contribution in [0.2, 0.25) is 0 Å². The SMILES string of the molecule is C(=Cc1cnnc(C=Cc2ccccc2)n1)c1ccccc1. The molecule has 22 heavy (non-hydrogen) atoms. The molecule has 1 heterocycles. The van der Waals surface area contributed by atoms with E-state index >= 15 is 0 Å². The van der Waals surface area contributed by atoms with Gasteiger partial charge in [-0.15, -0.1) is 5.10 Å². The number of hydrogen-bond donors (Lipinski definition) is 0. The van der Waals surface area contributed by atoms with Gasteiger partial charge in [0.25, 0.3) is 0 Å². The first-order valence-corrected chi connectivity index (χ1v) is 7.06. The zero-order valence-corrected chi connectivity index (χ0v) is 12.0. The van der Waals surface area contributed by atoms with Crippen molar-refractivity contribution in [2.75, 3.05) is 0 Å².